The Balaban J connectivity index is 1.86. The predicted molar refractivity (Wildman–Crippen MR) is 102 cm³/mol. The summed E-state index contributed by atoms with van der Waals surface area (Å²) in [6, 6.07) is 9.91. The number of aromatic amines is 1. The second kappa shape index (κ2) is 5.81. The molecule has 1 saturated carbocycles. The first-order valence-corrected chi connectivity index (χ1v) is 8.79. The maximum absolute atomic E-state index is 12.8. The molecule has 0 saturated heterocycles. The summed E-state index contributed by atoms with van der Waals surface area (Å²) >= 11 is 5.93. The third kappa shape index (κ3) is 2.76. The highest BCUT2D eigenvalue weighted by Gasteiger charge is 2.26. The van der Waals surface area contributed by atoms with Crippen molar-refractivity contribution in [2.24, 2.45) is 0 Å². The molecule has 25 heavy (non-hydrogen) atoms. The van der Waals surface area contributed by atoms with Crippen molar-refractivity contribution >= 4 is 24.3 Å². The highest BCUT2D eigenvalue weighted by molar-refractivity contribution is 6.30. The van der Waals surface area contributed by atoms with Crippen molar-refractivity contribution < 1.29 is 0 Å². The van der Waals surface area contributed by atoms with E-state index in [0.717, 1.165) is 11.3 Å². The van der Waals surface area contributed by atoms with E-state index in [1.165, 1.54) is 28.9 Å². The third-order valence-corrected chi connectivity index (χ3v) is 5.08. The summed E-state index contributed by atoms with van der Waals surface area (Å²) in [4.78, 5) is 12.8. The van der Waals surface area contributed by atoms with E-state index in [1.807, 2.05) is 18.2 Å². The molecule has 1 aliphatic carbocycles. The number of aryl methyl sites for hydroxylation is 1. The number of hydrogen-bond donors (Lipinski definition) is 1. The Labute approximate surface area is 150 Å². The van der Waals surface area contributed by atoms with Gasteiger partial charge in [-0.15, -0.1) is 0 Å². The van der Waals surface area contributed by atoms with Crippen LogP contribution in [0.15, 0.2) is 35.1 Å². The fraction of sp³-hybridized carbons (Fsp3) is 0.250. The van der Waals surface area contributed by atoms with Crippen LogP contribution >= 0.6 is 11.6 Å². The number of rotatable bonds is 3. The molecule has 1 aliphatic rings. The van der Waals surface area contributed by atoms with E-state index in [9.17, 15) is 4.79 Å². The van der Waals surface area contributed by atoms with Crippen LogP contribution in [0.1, 0.15) is 35.8 Å². The second-order valence-corrected chi connectivity index (χ2v) is 7.13. The van der Waals surface area contributed by atoms with Gasteiger partial charge in [0.1, 0.15) is 0 Å². The van der Waals surface area contributed by atoms with Gasteiger partial charge in [0, 0.05) is 22.5 Å². The molecule has 2 aromatic heterocycles. The molecule has 0 aliphatic heterocycles. The van der Waals surface area contributed by atoms with Gasteiger partial charge in [0.25, 0.3) is 5.56 Å². The molecule has 0 unspecified atom stereocenters. The van der Waals surface area contributed by atoms with Crippen molar-refractivity contribution in [3.8, 4) is 5.69 Å². The number of aromatic nitrogens is 3. The number of H-pyrrole nitrogens is 1. The minimum Gasteiger partial charge on any atom is -0.346 e. The molecule has 5 heteroatoms. The van der Waals surface area contributed by atoms with Gasteiger partial charge >= 0.3 is 0 Å². The molecule has 3 aromatic rings. The highest BCUT2D eigenvalue weighted by atomic mass is 35.5. The van der Waals surface area contributed by atoms with E-state index < -0.39 is 0 Å². The lowest BCUT2D eigenvalue weighted by Crippen LogP contribution is -2.34. The first-order chi connectivity index (χ1) is 12.0. The van der Waals surface area contributed by atoms with Crippen LogP contribution in [0.3, 0.4) is 0 Å². The van der Waals surface area contributed by atoms with E-state index >= 15 is 0 Å². The van der Waals surface area contributed by atoms with Crippen LogP contribution in [-0.2, 0) is 0 Å². The molecule has 128 valence electrons. The fourth-order valence-corrected chi connectivity index (χ4v) is 3.54. The molecule has 0 bridgehead atoms. The minimum atomic E-state index is -0.108. The average molecular weight is 354 g/mol. The SMILES string of the molecule is C=c1[nH]n(-c2ccc(Cl)cc2)c(=O)/c1=C/c1cc(C)n(C2CC2)c1C. The molecular weight excluding hydrogens is 334 g/mol. The zero-order valence-electron chi connectivity index (χ0n) is 14.3. The van der Waals surface area contributed by atoms with Crippen molar-refractivity contribution in [3.63, 3.8) is 0 Å². The molecule has 0 radical (unpaired) electrons. The van der Waals surface area contributed by atoms with E-state index in [-0.39, 0.29) is 5.56 Å². The standard InChI is InChI=1S/C20H20ClN3O/c1-12-10-15(14(3)23(12)17-8-9-17)11-19-13(2)22-24(20(19)25)18-6-4-16(21)5-7-18/h4-7,10-11,17,22H,2,8-9H2,1,3H3/b19-11+. The Morgan fingerprint density at radius 1 is 1.24 bits per heavy atom. The largest absolute Gasteiger partial charge is 0.346 e. The van der Waals surface area contributed by atoms with Gasteiger partial charge in [-0.05, 0) is 68.7 Å². The maximum atomic E-state index is 12.8. The van der Waals surface area contributed by atoms with Crippen LogP contribution in [0, 0.1) is 13.8 Å². The Kier molecular flexibility index (Phi) is 3.73. The Morgan fingerprint density at radius 2 is 1.92 bits per heavy atom. The van der Waals surface area contributed by atoms with E-state index in [0.29, 0.717) is 21.6 Å². The second-order valence-electron chi connectivity index (χ2n) is 6.69. The van der Waals surface area contributed by atoms with Gasteiger partial charge in [-0.2, -0.15) is 0 Å². The first-order valence-electron chi connectivity index (χ1n) is 8.42. The monoisotopic (exact) mass is 353 g/mol. The molecule has 1 aromatic carbocycles. The summed E-state index contributed by atoms with van der Waals surface area (Å²) in [5, 5.41) is 4.89. The van der Waals surface area contributed by atoms with Gasteiger partial charge in [0.2, 0.25) is 0 Å². The fourth-order valence-electron chi connectivity index (χ4n) is 3.42. The van der Waals surface area contributed by atoms with Crippen LogP contribution in [0.25, 0.3) is 18.3 Å². The van der Waals surface area contributed by atoms with Crippen molar-refractivity contribution in [3.05, 3.63) is 73.2 Å². The molecule has 1 fully saturated rings. The smallest absolute Gasteiger partial charge is 0.279 e. The average Bonchev–Trinajstić information content (AvgIpc) is 3.31. The van der Waals surface area contributed by atoms with Crippen molar-refractivity contribution in [2.45, 2.75) is 32.7 Å². The summed E-state index contributed by atoms with van der Waals surface area (Å²) in [7, 11) is 0. The summed E-state index contributed by atoms with van der Waals surface area (Å²) in [5.41, 5.74) is 4.16. The topological polar surface area (TPSA) is 42.7 Å². The Morgan fingerprint density at radius 3 is 2.56 bits per heavy atom. The molecule has 0 spiro atoms. The summed E-state index contributed by atoms with van der Waals surface area (Å²) in [6.45, 7) is 8.24. The highest BCUT2D eigenvalue weighted by Crippen LogP contribution is 2.38. The van der Waals surface area contributed by atoms with E-state index in [4.69, 9.17) is 11.6 Å². The number of benzene rings is 1. The number of hydrogen-bond acceptors (Lipinski definition) is 1. The van der Waals surface area contributed by atoms with Crippen LogP contribution in [0.2, 0.25) is 5.02 Å². The normalized spacial score (nSPS) is 15.1. The minimum absolute atomic E-state index is 0.108. The Hall–Kier alpha value is -2.46. The predicted octanol–water partition coefficient (Wildman–Crippen LogP) is 2.81. The van der Waals surface area contributed by atoms with Crippen LogP contribution < -0.4 is 16.1 Å². The lowest BCUT2D eigenvalue weighted by Gasteiger charge is -2.06. The molecule has 4 rings (SSSR count). The van der Waals surface area contributed by atoms with E-state index in [1.54, 1.807) is 12.1 Å². The lowest BCUT2D eigenvalue weighted by atomic mass is 10.2. The van der Waals surface area contributed by atoms with Gasteiger partial charge in [-0.3, -0.25) is 9.89 Å². The molecule has 0 atom stereocenters. The van der Waals surface area contributed by atoms with Crippen molar-refractivity contribution in [1.82, 2.24) is 14.3 Å². The number of nitrogens with one attached hydrogen (secondary N) is 1. The van der Waals surface area contributed by atoms with Crippen molar-refractivity contribution in [2.75, 3.05) is 0 Å². The van der Waals surface area contributed by atoms with Gasteiger partial charge < -0.3 is 4.57 Å². The Bertz CT molecular complexity index is 1110. The third-order valence-electron chi connectivity index (χ3n) is 4.83. The van der Waals surface area contributed by atoms with Crippen LogP contribution in [0.5, 0.6) is 0 Å². The molecule has 1 N–H and O–H groups in total. The molecule has 2 heterocycles. The number of halogens is 1. The molecular formula is C20H20ClN3O. The first kappa shape index (κ1) is 16.0. The number of nitrogens with zero attached hydrogens (tertiary/aromatic N) is 2. The molecule has 0 amide bonds. The van der Waals surface area contributed by atoms with E-state index in [2.05, 4.69) is 36.2 Å². The zero-order chi connectivity index (χ0) is 17.7. The van der Waals surface area contributed by atoms with Gasteiger partial charge in [-0.1, -0.05) is 18.2 Å². The quantitative estimate of drug-likeness (QED) is 0.773. The van der Waals surface area contributed by atoms with Crippen LogP contribution in [-0.4, -0.2) is 14.3 Å². The van der Waals surface area contributed by atoms with Gasteiger partial charge in [0.15, 0.2) is 0 Å². The summed E-state index contributed by atoms with van der Waals surface area (Å²) in [5.74, 6) is 0. The zero-order valence-corrected chi connectivity index (χ0v) is 15.1. The van der Waals surface area contributed by atoms with Gasteiger partial charge in [0.05, 0.1) is 16.3 Å². The van der Waals surface area contributed by atoms with Gasteiger partial charge in [-0.25, -0.2) is 4.68 Å². The lowest BCUT2D eigenvalue weighted by molar-refractivity contribution is 0.699. The van der Waals surface area contributed by atoms with Crippen molar-refractivity contribution in [1.29, 1.82) is 0 Å². The summed E-state index contributed by atoms with van der Waals surface area (Å²) < 4.78 is 3.88. The van der Waals surface area contributed by atoms with Crippen LogP contribution in [0.4, 0.5) is 0 Å². The molecule has 4 nitrogen and oxygen atoms in total. The summed E-state index contributed by atoms with van der Waals surface area (Å²) in [6.07, 6.45) is 4.42. The maximum Gasteiger partial charge on any atom is 0.279 e.